The summed E-state index contributed by atoms with van der Waals surface area (Å²) in [5.41, 5.74) is 14.7. The van der Waals surface area contributed by atoms with Crippen molar-refractivity contribution in [1.82, 2.24) is 34.8 Å². The molecule has 3 aliphatic rings. The van der Waals surface area contributed by atoms with E-state index >= 15 is 0 Å². The third-order valence-corrected chi connectivity index (χ3v) is 25.5. The number of hydrogen-bond donors (Lipinski definition) is 5. The number of likely N-dealkylation sites (N-methyl/N-ethyl adjacent to an activating group) is 3. The first kappa shape index (κ1) is 99.9. The molecule has 0 bridgehead atoms. The molecule has 9 rings (SSSR count). The van der Waals surface area contributed by atoms with Crippen LogP contribution in [0, 0.1) is 11.5 Å². The number of nitrogens with two attached hydrogens (primary N) is 1. The minimum atomic E-state index is -3.73. The molecule has 0 fully saturated rings. The monoisotopic (exact) mass is 1800 g/mol. The van der Waals surface area contributed by atoms with Gasteiger partial charge in [-0.3, -0.25) is 4.79 Å². The van der Waals surface area contributed by atoms with E-state index in [4.69, 9.17) is 109 Å². The molecule has 3 aliphatic heterocycles. The second kappa shape index (κ2) is 53.1. The molecule has 3 atom stereocenters. The van der Waals surface area contributed by atoms with E-state index in [1.165, 1.54) is 6.08 Å². The Morgan fingerprint density at radius 1 is 0.470 bits per heavy atom. The number of hydrogen-bond acceptors (Lipinski definition) is 22. The zero-order chi connectivity index (χ0) is 83.9. The molecule has 6 N–H and O–H groups in total. The van der Waals surface area contributed by atoms with Crippen molar-refractivity contribution in [2.45, 2.75) is 117 Å². The van der Waals surface area contributed by atoms with E-state index in [0.29, 0.717) is 148 Å². The molecule has 3 heterocycles. The summed E-state index contributed by atoms with van der Waals surface area (Å²) in [7, 11) is -4.74. The van der Waals surface area contributed by atoms with Gasteiger partial charge in [-0.25, -0.2) is 49.3 Å². The molecule has 0 spiro atoms. The molecule has 6 aromatic carbocycles. The summed E-state index contributed by atoms with van der Waals surface area (Å²) in [5.74, 6) is 0.220. The molecule has 0 saturated heterocycles. The van der Waals surface area contributed by atoms with Crippen LogP contribution in [0.3, 0.4) is 0 Å². The number of halogens is 6. The first-order chi connectivity index (χ1) is 55.7. The summed E-state index contributed by atoms with van der Waals surface area (Å²) in [6.45, 7) is 11.0. The van der Waals surface area contributed by atoms with E-state index in [0.717, 1.165) is 121 Å². The summed E-state index contributed by atoms with van der Waals surface area (Å²) in [6, 6.07) is 31.7. The number of Topliss-reactive ketones (excluding diaryl/α,β-unsaturated/α-hetero) is 1. The molecular weight excluding hydrogens is 1690 g/mol. The maximum absolute atomic E-state index is 13.0. The predicted molar refractivity (Wildman–Crippen MR) is 459 cm³/mol. The van der Waals surface area contributed by atoms with Gasteiger partial charge in [-0.1, -0.05) is 120 Å². The lowest BCUT2D eigenvalue weighted by atomic mass is 9.85. The van der Waals surface area contributed by atoms with Crippen molar-refractivity contribution in [1.29, 1.82) is 5.26 Å². The number of fused-ring (bicyclic) bond motifs is 3. The van der Waals surface area contributed by atoms with Gasteiger partial charge < -0.3 is 64.2 Å². The van der Waals surface area contributed by atoms with Gasteiger partial charge in [0.05, 0.1) is 93.1 Å². The van der Waals surface area contributed by atoms with E-state index in [2.05, 4.69) is 44.5 Å². The van der Waals surface area contributed by atoms with Gasteiger partial charge in [-0.2, -0.15) is 5.26 Å². The van der Waals surface area contributed by atoms with Gasteiger partial charge in [0.2, 0.25) is 26.1 Å². The molecule has 26 nitrogen and oxygen atoms in total. The Labute approximate surface area is 720 Å². The first-order valence-corrected chi connectivity index (χ1v) is 45.4. The molecule has 0 radical (unpaired) electrons. The number of sulfonamides is 2. The molecular formula is C82H110Cl6N10O16S3. The number of isocyanates is 1. The summed E-state index contributed by atoms with van der Waals surface area (Å²) < 4.78 is 119. The maximum Gasteiger partial charge on any atom is 0.314 e. The molecule has 0 aromatic heterocycles. The highest BCUT2D eigenvalue weighted by Gasteiger charge is 2.31. The number of amides is 2. The first-order valence-electron chi connectivity index (χ1n) is 38.5. The molecule has 35 heteroatoms. The minimum absolute atomic E-state index is 0. The second-order valence-corrected chi connectivity index (χ2v) is 36.2. The van der Waals surface area contributed by atoms with Gasteiger partial charge >= 0.3 is 6.03 Å². The molecule has 6 aromatic rings. The Morgan fingerprint density at radius 2 is 0.855 bits per heavy atom. The number of ketones is 1. The Hall–Kier alpha value is -5.96. The van der Waals surface area contributed by atoms with Crippen molar-refractivity contribution in [2.24, 2.45) is 10.7 Å². The van der Waals surface area contributed by atoms with Crippen LogP contribution in [0.15, 0.2) is 129 Å². The number of urea groups is 1. The fraction of sp³-hybridized carbons (Fsp3) is 0.512. The van der Waals surface area contributed by atoms with Gasteiger partial charge in [0.1, 0.15) is 12.4 Å². The molecule has 0 saturated carbocycles. The van der Waals surface area contributed by atoms with Crippen LogP contribution in [0.1, 0.15) is 133 Å². The predicted octanol–water partition coefficient (Wildman–Crippen LogP) is 12.9. The summed E-state index contributed by atoms with van der Waals surface area (Å²) in [5, 5.41) is 17.1. The average molecular weight is 1800 g/mol. The molecule has 117 heavy (non-hydrogen) atoms. The number of carbonyl (C=O) groups is 2. The zero-order valence-electron chi connectivity index (χ0n) is 65.7. The molecule has 3 unspecified atom stereocenters. The third kappa shape index (κ3) is 34.5. The van der Waals surface area contributed by atoms with E-state index < -0.39 is 29.9 Å². The number of unbranched alkanes of at least 4 members (excludes halogenated alkanes) is 3. The Balaban J connectivity index is 0.000000405. The number of rotatable bonds is 47. The Morgan fingerprint density at radius 3 is 1.27 bits per heavy atom. The number of nitrogens with zero attached hydrogens (tertiary/aromatic N) is 5. The van der Waals surface area contributed by atoms with Gasteiger partial charge in [-0.05, 0) is 183 Å². The van der Waals surface area contributed by atoms with Crippen LogP contribution in [0.25, 0.3) is 0 Å². The summed E-state index contributed by atoms with van der Waals surface area (Å²) in [4.78, 5) is 44.5. The lowest BCUT2D eigenvalue weighted by molar-refractivity contribution is -0.119. The SMILES string of the molecule is C.CN1Cc2c(Cl)cc(Cl)cc2C(c2ccc(S(=O)(=O)CCCOCCOCCNC(=O)NCCCCCC(=O)CCCOCCOCCNS(=O)(=O)c3ccc(C4CN(C)Cc5c(Cl)cc(Cl)cc54)cc3)cc2)C1.CN1Cc2c(Cl)cc(Cl)cc2C(c2ccc(S(=O)(=O)NCCOCCOCCN)cc2)C1.N#COCCCCN=C=O. The van der Waals surface area contributed by atoms with Crippen LogP contribution >= 0.6 is 69.6 Å². The fourth-order valence-corrected chi connectivity index (χ4v) is 18.3. The van der Waals surface area contributed by atoms with Crippen LogP contribution in [-0.4, -0.2) is 230 Å². The lowest BCUT2D eigenvalue weighted by Gasteiger charge is -2.33. The van der Waals surface area contributed by atoms with E-state index in [1.807, 2.05) is 75.7 Å². The van der Waals surface area contributed by atoms with E-state index in [1.54, 1.807) is 60.9 Å². The number of aliphatic imine (C=N–C) groups is 1. The van der Waals surface area contributed by atoms with Crippen LogP contribution in [0.4, 0.5) is 4.79 Å². The van der Waals surface area contributed by atoms with Crippen molar-refractivity contribution in [3.8, 4) is 6.26 Å². The van der Waals surface area contributed by atoms with Crippen LogP contribution in [0.5, 0.6) is 0 Å². The van der Waals surface area contributed by atoms with E-state index in [9.17, 15) is 39.6 Å². The third-order valence-electron chi connectivity index (χ3n) is 19.1. The van der Waals surface area contributed by atoms with Crippen LogP contribution in [0.2, 0.25) is 30.1 Å². The quantitative estimate of drug-likeness (QED) is 0.0103. The van der Waals surface area contributed by atoms with Gasteiger partial charge in [-0.15, -0.1) is 0 Å². The standard InChI is InChI=1S/C53H69Cl4N5O10S2.C22H29Cl2N3O4S.C6H8N2O2.CH4/c1-61-34-47(45-30-40(54)32-51(56)49(45)36-61)38-10-14-43(15-11-38)73(65,66)29-7-22-70-26-27-71-23-19-59-53(64)58-18-5-3-4-8-42(63)9-6-21-69-25-28-72-24-20-60-74(67,68)44-16-12-39(13-17-44)48-35-62(2)37-50-46(48)31-41(55)33-52(50)57;1-27-14-20(19-12-17(23)13-22(24)21(19)15-27)16-2-4-18(5-3-16)32(28,29)26-7-9-31-11-10-30-8-6-25;7-5-10-4-2-1-3-8-6-9;/h10-17,30-33,47-48,60H,3-9,18-29,34-37H2,1-2H3,(H2,58,59,64);2-5,12-13,20,26H,6-11,14-15,25H2,1H3;1-4H2;1H4. The average Bonchev–Trinajstić information content (AvgIpc) is 0.784. The van der Waals surface area contributed by atoms with Crippen molar-refractivity contribution in [3.63, 3.8) is 0 Å². The number of nitrogens with one attached hydrogen (secondary N) is 4. The maximum atomic E-state index is 13.0. The van der Waals surface area contributed by atoms with Crippen molar-refractivity contribution in [3.05, 3.63) is 189 Å². The molecule has 0 aliphatic carbocycles. The van der Waals surface area contributed by atoms with E-state index in [-0.39, 0.29) is 90.3 Å². The summed E-state index contributed by atoms with van der Waals surface area (Å²) in [6.07, 6.45) is 8.65. The molecule has 2 amide bonds. The van der Waals surface area contributed by atoms with Crippen molar-refractivity contribution < 1.29 is 72.8 Å². The smallest absolute Gasteiger partial charge is 0.314 e. The molecule has 644 valence electrons. The topological polar surface area (TPSA) is 338 Å². The fourth-order valence-electron chi connectivity index (χ4n) is 13.3. The minimum Gasteiger partial charge on any atom is -0.428 e. The van der Waals surface area contributed by atoms with Crippen LogP contribution in [-0.2, 0) is 92.3 Å². The van der Waals surface area contributed by atoms with Crippen molar-refractivity contribution in [2.75, 3.05) is 172 Å². The highest BCUT2D eigenvalue weighted by molar-refractivity contribution is 7.91. The normalized spacial score (nSPS) is 15.5. The number of benzene rings is 6. The summed E-state index contributed by atoms with van der Waals surface area (Å²) >= 11 is 38.3. The van der Waals surface area contributed by atoms with Gasteiger partial charge in [0.25, 0.3) is 6.26 Å². The second-order valence-electron chi connectivity index (χ2n) is 28.0. The number of sulfone groups is 1. The largest absolute Gasteiger partial charge is 0.428 e. The number of nitriles is 1. The highest BCUT2D eigenvalue weighted by Crippen LogP contribution is 2.42. The highest BCUT2D eigenvalue weighted by atomic mass is 35.5. The number of ether oxygens (including phenoxy) is 7. The van der Waals surface area contributed by atoms with Gasteiger partial charge in [0.15, 0.2) is 9.84 Å². The zero-order valence-corrected chi connectivity index (χ0v) is 72.7. The Bertz CT molecular complexity index is 4340. The van der Waals surface area contributed by atoms with Gasteiger partial charge in [0, 0.05) is 146 Å². The lowest BCUT2D eigenvalue weighted by Crippen LogP contribution is -2.37. The van der Waals surface area contributed by atoms with Crippen molar-refractivity contribution >= 4 is 117 Å². The van der Waals surface area contributed by atoms with Crippen LogP contribution < -0.4 is 25.8 Å². The number of carbonyl (C=O) groups excluding carboxylic acids is 3. The Kier molecular flexibility index (Phi) is 45.3.